The van der Waals surface area contributed by atoms with Crippen molar-refractivity contribution in [2.24, 2.45) is 5.41 Å². The lowest BCUT2D eigenvalue weighted by molar-refractivity contribution is -0.155. The zero-order chi connectivity index (χ0) is 8.36. The number of aliphatic carboxylic acids is 1. The van der Waals surface area contributed by atoms with E-state index in [0.717, 1.165) is 0 Å². The van der Waals surface area contributed by atoms with Crippen molar-refractivity contribution >= 4 is 12.3 Å². The van der Waals surface area contributed by atoms with Gasteiger partial charge >= 0.3 is 5.97 Å². The van der Waals surface area contributed by atoms with Gasteiger partial charge in [0.1, 0.15) is 6.29 Å². The van der Waals surface area contributed by atoms with Crippen LogP contribution in [-0.2, 0) is 9.59 Å². The molecule has 0 rings (SSSR count). The highest BCUT2D eigenvalue weighted by molar-refractivity contribution is 5.78. The van der Waals surface area contributed by atoms with Crippen molar-refractivity contribution in [2.45, 2.75) is 20.0 Å². The number of aldehydes is 1. The van der Waals surface area contributed by atoms with Crippen molar-refractivity contribution in [1.82, 2.24) is 0 Å². The highest BCUT2D eigenvalue weighted by Crippen LogP contribution is 2.16. The molecule has 1 atom stereocenters. The lowest BCUT2D eigenvalue weighted by Crippen LogP contribution is -2.37. The molecular weight excluding hydrogens is 136 g/mol. The van der Waals surface area contributed by atoms with Gasteiger partial charge in [-0.2, -0.15) is 0 Å². The minimum atomic E-state index is -1.62. The largest absolute Gasteiger partial charge is 0.479 e. The van der Waals surface area contributed by atoms with Gasteiger partial charge in [0.25, 0.3) is 0 Å². The number of aliphatic hydroxyl groups is 1. The van der Waals surface area contributed by atoms with Crippen molar-refractivity contribution in [2.75, 3.05) is 0 Å². The van der Waals surface area contributed by atoms with Gasteiger partial charge in [-0.05, 0) is 0 Å². The summed E-state index contributed by atoms with van der Waals surface area (Å²) < 4.78 is 0. The molecule has 58 valence electrons. The number of hydrogen-bond acceptors (Lipinski definition) is 3. The van der Waals surface area contributed by atoms with E-state index in [4.69, 9.17) is 10.2 Å². The third-order valence-electron chi connectivity index (χ3n) is 1.24. The maximum atomic E-state index is 10.1. The van der Waals surface area contributed by atoms with Gasteiger partial charge in [0.15, 0.2) is 6.10 Å². The summed E-state index contributed by atoms with van der Waals surface area (Å²) >= 11 is 0. The van der Waals surface area contributed by atoms with Gasteiger partial charge in [-0.15, -0.1) is 0 Å². The first kappa shape index (κ1) is 9.10. The highest BCUT2D eigenvalue weighted by Gasteiger charge is 2.32. The summed E-state index contributed by atoms with van der Waals surface area (Å²) in [7, 11) is 0. The van der Waals surface area contributed by atoms with E-state index < -0.39 is 17.5 Å². The molecule has 0 amide bonds. The third kappa shape index (κ3) is 1.80. The van der Waals surface area contributed by atoms with Crippen molar-refractivity contribution in [3.8, 4) is 0 Å². The molecule has 0 heterocycles. The quantitative estimate of drug-likeness (QED) is 0.534. The molecule has 2 N–H and O–H groups in total. The number of hydrogen-bond donors (Lipinski definition) is 2. The molecule has 0 bridgehead atoms. The van der Waals surface area contributed by atoms with Gasteiger partial charge in [-0.1, -0.05) is 13.8 Å². The lowest BCUT2D eigenvalue weighted by Gasteiger charge is -2.19. The number of rotatable bonds is 3. The SMILES string of the molecule is CC(C)(C=O)C(O)C(=O)O. The Morgan fingerprint density at radius 3 is 2.10 bits per heavy atom. The molecule has 0 aliphatic heterocycles. The average Bonchev–Trinajstić information content (AvgIpc) is 1.86. The molecule has 0 spiro atoms. The summed E-state index contributed by atoms with van der Waals surface area (Å²) in [6.45, 7) is 2.72. The first-order chi connectivity index (χ1) is 4.41. The van der Waals surface area contributed by atoms with Crippen molar-refractivity contribution < 1.29 is 19.8 Å². The molecule has 1 unspecified atom stereocenters. The van der Waals surface area contributed by atoms with Gasteiger partial charge in [0.2, 0.25) is 0 Å². The van der Waals surface area contributed by atoms with Gasteiger partial charge in [0.05, 0.1) is 5.41 Å². The Bertz CT molecular complexity index is 150. The summed E-state index contributed by atoms with van der Waals surface area (Å²) in [5, 5.41) is 17.1. The topological polar surface area (TPSA) is 74.6 Å². The molecular formula is C6H10O4. The minimum absolute atomic E-state index is 0.422. The molecule has 0 saturated carbocycles. The van der Waals surface area contributed by atoms with Crippen LogP contribution >= 0.6 is 0 Å². The number of carboxylic acids is 1. The fraction of sp³-hybridized carbons (Fsp3) is 0.667. The molecule has 0 aromatic rings. The van der Waals surface area contributed by atoms with E-state index in [1.807, 2.05) is 0 Å². The predicted molar refractivity (Wildman–Crippen MR) is 33.5 cm³/mol. The molecule has 4 heteroatoms. The van der Waals surface area contributed by atoms with Crippen LogP contribution in [0.2, 0.25) is 0 Å². The maximum Gasteiger partial charge on any atom is 0.333 e. The van der Waals surface area contributed by atoms with Crippen LogP contribution in [0.3, 0.4) is 0 Å². The van der Waals surface area contributed by atoms with Crippen LogP contribution in [0.15, 0.2) is 0 Å². The van der Waals surface area contributed by atoms with E-state index in [1.165, 1.54) is 13.8 Å². The molecule has 0 aromatic carbocycles. The summed E-state index contributed by atoms with van der Waals surface area (Å²) in [6.07, 6.45) is -1.20. The van der Waals surface area contributed by atoms with Crippen LogP contribution < -0.4 is 0 Å². The Balaban J connectivity index is 4.31. The zero-order valence-electron chi connectivity index (χ0n) is 5.87. The first-order valence-corrected chi connectivity index (χ1v) is 2.79. The van der Waals surface area contributed by atoms with E-state index in [9.17, 15) is 9.59 Å². The van der Waals surface area contributed by atoms with Crippen LogP contribution in [0.4, 0.5) is 0 Å². The van der Waals surface area contributed by atoms with E-state index in [0.29, 0.717) is 6.29 Å². The fourth-order valence-corrected chi connectivity index (χ4v) is 0.383. The normalized spacial score (nSPS) is 14.3. The maximum absolute atomic E-state index is 10.1. The van der Waals surface area contributed by atoms with E-state index in [-0.39, 0.29) is 0 Å². The smallest absolute Gasteiger partial charge is 0.333 e. The second-order valence-electron chi connectivity index (χ2n) is 2.68. The van der Waals surface area contributed by atoms with E-state index in [2.05, 4.69) is 0 Å². The molecule has 0 aliphatic carbocycles. The monoisotopic (exact) mass is 146 g/mol. The number of carboxylic acid groups (broad SMARTS) is 1. The molecule has 0 saturated heterocycles. The van der Waals surface area contributed by atoms with Crippen molar-refractivity contribution in [3.05, 3.63) is 0 Å². The van der Waals surface area contributed by atoms with Crippen LogP contribution in [0.25, 0.3) is 0 Å². The van der Waals surface area contributed by atoms with Gasteiger partial charge in [-0.25, -0.2) is 4.79 Å². The molecule has 4 nitrogen and oxygen atoms in total. The highest BCUT2D eigenvalue weighted by atomic mass is 16.4. The van der Waals surface area contributed by atoms with E-state index >= 15 is 0 Å². The number of carbonyl (C=O) groups is 2. The average molecular weight is 146 g/mol. The Morgan fingerprint density at radius 2 is 2.00 bits per heavy atom. The summed E-state index contributed by atoms with van der Waals surface area (Å²) in [4.78, 5) is 20.2. The molecule has 10 heavy (non-hydrogen) atoms. The standard InChI is InChI=1S/C6H10O4/c1-6(2,3-7)4(8)5(9)10/h3-4,8H,1-2H3,(H,9,10). The molecule has 0 aliphatic rings. The first-order valence-electron chi connectivity index (χ1n) is 2.79. The van der Waals surface area contributed by atoms with E-state index in [1.54, 1.807) is 0 Å². The minimum Gasteiger partial charge on any atom is -0.479 e. The van der Waals surface area contributed by atoms with Crippen molar-refractivity contribution in [1.29, 1.82) is 0 Å². The fourth-order valence-electron chi connectivity index (χ4n) is 0.383. The second kappa shape index (κ2) is 2.79. The second-order valence-corrected chi connectivity index (χ2v) is 2.68. The molecule has 0 radical (unpaired) electrons. The third-order valence-corrected chi connectivity index (χ3v) is 1.24. The van der Waals surface area contributed by atoms with Crippen LogP contribution in [0.1, 0.15) is 13.8 Å². The Morgan fingerprint density at radius 1 is 1.60 bits per heavy atom. The summed E-state index contributed by atoms with van der Waals surface area (Å²) in [6, 6.07) is 0. The lowest BCUT2D eigenvalue weighted by atomic mass is 9.89. The Labute approximate surface area is 58.5 Å². The van der Waals surface area contributed by atoms with Gasteiger partial charge < -0.3 is 15.0 Å². The number of aliphatic hydroxyl groups excluding tert-OH is 1. The zero-order valence-corrected chi connectivity index (χ0v) is 5.87. The predicted octanol–water partition coefficient (Wildman–Crippen LogP) is -0.343. The van der Waals surface area contributed by atoms with Crippen molar-refractivity contribution in [3.63, 3.8) is 0 Å². The van der Waals surface area contributed by atoms with Gasteiger partial charge in [0, 0.05) is 0 Å². The Kier molecular flexibility index (Phi) is 2.54. The number of carbonyl (C=O) groups excluding carboxylic acids is 1. The van der Waals surface area contributed by atoms with Crippen LogP contribution in [0, 0.1) is 5.41 Å². The van der Waals surface area contributed by atoms with Crippen LogP contribution in [-0.4, -0.2) is 28.6 Å². The molecule has 0 aromatic heterocycles. The summed E-state index contributed by atoms with van der Waals surface area (Å²) in [5.41, 5.74) is -1.20. The van der Waals surface area contributed by atoms with Crippen LogP contribution in [0.5, 0.6) is 0 Å². The molecule has 0 fully saturated rings. The Hall–Kier alpha value is -0.900. The van der Waals surface area contributed by atoms with Gasteiger partial charge in [-0.3, -0.25) is 0 Å². The summed E-state index contributed by atoms with van der Waals surface area (Å²) in [5.74, 6) is -1.38.